The monoisotopic (exact) mass is 378 g/mol. The Morgan fingerprint density at radius 2 is 1.56 bits per heavy atom. The van der Waals surface area contributed by atoms with Crippen LogP contribution in [0.4, 0.5) is 20.2 Å². The van der Waals surface area contributed by atoms with E-state index in [4.69, 9.17) is 4.74 Å². The highest BCUT2D eigenvalue weighted by Gasteiger charge is 2.44. The molecule has 0 bridgehead atoms. The summed E-state index contributed by atoms with van der Waals surface area (Å²) in [5.41, 5.74) is 0.00968. The van der Waals surface area contributed by atoms with Gasteiger partial charge in [-0.2, -0.15) is 0 Å². The van der Waals surface area contributed by atoms with Crippen molar-refractivity contribution < 1.29 is 23.4 Å². The molecule has 7 nitrogen and oxygen atoms in total. The third kappa shape index (κ3) is 4.70. The summed E-state index contributed by atoms with van der Waals surface area (Å²) < 4.78 is 31.3. The second-order valence-corrected chi connectivity index (χ2v) is 6.14. The van der Waals surface area contributed by atoms with Crippen molar-refractivity contribution in [2.75, 3.05) is 6.61 Å². The Kier molecular flexibility index (Phi) is 5.65. The topological polar surface area (TPSA) is 98.8 Å². The van der Waals surface area contributed by atoms with E-state index in [0.717, 1.165) is 24.3 Å². The van der Waals surface area contributed by atoms with E-state index in [1.54, 1.807) is 13.8 Å². The molecule has 1 unspecified atom stereocenters. The van der Waals surface area contributed by atoms with Gasteiger partial charge in [-0.1, -0.05) is 6.58 Å². The van der Waals surface area contributed by atoms with Crippen LogP contribution in [0, 0.1) is 31.9 Å². The fourth-order valence-electron chi connectivity index (χ4n) is 2.25. The minimum atomic E-state index is -0.671. The summed E-state index contributed by atoms with van der Waals surface area (Å²) in [6.07, 6.45) is 0. The molecule has 142 valence electrons. The van der Waals surface area contributed by atoms with Crippen LogP contribution in [-0.2, 0) is 10.3 Å². The highest BCUT2D eigenvalue weighted by molar-refractivity contribution is 5.64. The van der Waals surface area contributed by atoms with E-state index in [-0.39, 0.29) is 22.5 Å². The average Bonchev–Trinajstić information content (AvgIpc) is 3.34. The molecule has 0 aromatic heterocycles. The molecule has 0 spiro atoms. The fraction of sp³-hybridized carbons (Fsp3) is 0.222. The van der Waals surface area contributed by atoms with Crippen molar-refractivity contribution in [3.05, 3.63) is 86.0 Å². The van der Waals surface area contributed by atoms with Crippen LogP contribution in [0.1, 0.15) is 25.0 Å². The van der Waals surface area contributed by atoms with Crippen molar-refractivity contribution in [3.63, 3.8) is 0 Å². The number of benzene rings is 2. The summed E-state index contributed by atoms with van der Waals surface area (Å²) in [5, 5.41) is 20.8. The summed E-state index contributed by atoms with van der Waals surface area (Å²) in [6, 6.07) is 6.84. The number of halogens is 2. The molecule has 1 heterocycles. The number of ether oxygens (including phenoxy) is 1. The van der Waals surface area contributed by atoms with E-state index in [1.807, 2.05) is 0 Å². The highest BCUT2D eigenvalue weighted by atomic mass is 19.1. The van der Waals surface area contributed by atoms with E-state index >= 15 is 0 Å². The normalized spacial score (nSPS) is 17.5. The van der Waals surface area contributed by atoms with E-state index in [1.165, 1.54) is 12.1 Å². The number of nitro groups is 2. The molecule has 2 aromatic carbocycles. The first kappa shape index (κ1) is 20.1. The van der Waals surface area contributed by atoms with Crippen molar-refractivity contribution in [1.29, 1.82) is 0 Å². The fourth-order valence-corrected chi connectivity index (χ4v) is 2.25. The Hall–Kier alpha value is -3.20. The van der Waals surface area contributed by atoms with Gasteiger partial charge in [0.05, 0.1) is 16.5 Å². The van der Waals surface area contributed by atoms with Gasteiger partial charge in [0.2, 0.25) is 0 Å². The number of rotatable bonds is 4. The zero-order valence-electron chi connectivity index (χ0n) is 14.6. The van der Waals surface area contributed by atoms with Gasteiger partial charge in [0.25, 0.3) is 11.4 Å². The van der Waals surface area contributed by atoms with Crippen LogP contribution in [0.5, 0.6) is 0 Å². The summed E-state index contributed by atoms with van der Waals surface area (Å²) in [4.78, 5) is 19.7. The molecule has 1 saturated heterocycles. The third-order valence-electron chi connectivity index (χ3n) is 3.93. The lowest BCUT2D eigenvalue weighted by atomic mass is 10.0. The Morgan fingerprint density at radius 1 is 1.07 bits per heavy atom. The van der Waals surface area contributed by atoms with Gasteiger partial charge in [-0.3, -0.25) is 20.2 Å². The second-order valence-electron chi connectivity index (χ2n) is 6.14. The Morgan fingerprint density at radius 3 is 2.00 bits per heavy atom. The van der Waals surface area contributed by atoms with Crippen LogP contribution in [-0.4, -0.2) is 16.5 Å². The van der Waals surface area contributed by atoms with Gasteiger partial charge in [-0.25, -0.2) is 8.78 Å². The molecule has 27 heavy (non-hydrogen) atoms. The van der Waals surface area contributed by atoms with Crippen LogP contribution in [0.3, 0.4) is 0 Å². The number of hydrogen-bond acceptors (Lipinski definition) is 5. The third-order valence-corrected chi connectivity index (χ3v) is 3.93. The maximum atomic E-state index is 13.3. The first-order chi connectivity index (χ1) is 12.5. The smallest absolute Gasteiger partial charge is 0.270 e. The van der Waals surface area contributed by atoms with Crippen molar-refractivity contribution in [2.24, 2.45) is 0 Å². The molecular formula is C18H16F2N2O5. The van der Waals surface area contributed by atoms with Crippen molar-refractivity contribution in [1.82, 2.24) is 0 Å². The number of allylic oxidation sites excluding steroid dienone is 1. The number of epoxide rings is 1. The maximum absolute atomic E-state index is 13.3. The number of nitrogens with zero attached hydrogens (tertiary/aromatic N) is 2. The van der Waals surface area contributed by atoms with E-state index in [9.17, 15) is 29.0 Å². The van der Waals surface area contributed by atoms with Crippen molar-refractivity contribution in [2.45, 2.75) is 19.4 Å². The first-order valence-electron chi connectivity index (χ1n) is 7.73. The Bertz CT molecular complexity index is 926. The van der Waals surface area contributed by atoms with Gasteiger partial charge >= 0.3 is 0 Å². The van der Waals surface area contributed by atoms with Crippen LogP contribution < -0.4 is 0 Å². The van der Waals surface area contributed by atoms with E-state index < -0.39 is 27.1 Å². The molecule has 1 aliphatic rings. The second kappa shape index (κ2) is 7.58. The zero-order valence-corrected chi connectivity index (χ0v) is 14.6. The molecule has 0 aliphatic carbocycles. The van der Waals surface area contributed by atoms with Gasteiger partial charge in [0, 0.05) is 35.4 Å². The highest BCUT2D eigenvalue weighted by Crippen LogP contribution is 2.40. The largest absolute Gasteiger partial charge is 0.365 e. The molecular weight excluding hydrogens is 362 g/mol. The lowest BCUT2D eigenvalue weighted by Crippen LogP contribution is -2.06. The quantitative estimate of drug-likeness (QED) is 0.434. The molecule has 1 atom stereocenters. The molecule has 0 N–H and O–H groups in total. The van der Waals surface area contributed by atoms with Gasteiger partial charge in [-0.05, 0) is 31.6 Å². The van der Waals surface area contributed by atoms with Gasteiger partial charge in [0.1, 0.15) is 17.2 Å². The van der Waals surface area contributed by atoms with Crippen LogP contribution in [0.15, 0.2) is 43.0 Å². The predicted molar refractivity (Wildman–Crippen MR) is 94.1 cm³/mol. The minimum absolute atomic E-state index is 0.113. The Labute approximate surface area is 153 Å². The van der Waals surface area contributed by atoms with Gasteiger partial charge in [0.15, 0.2) is 0 Å². The molecule has 0 amide bonds. The van der Waals surface area contributed by atoms with E-state index in [0.29, 0.717) is 12.2 Å². The summed E-state index contributed by atoms with van der Waals surface area (Å²) >= 11 is 0. The first-order valence-corrected chi connectivity index (χ1v) is 7.73. The van der Waals surface area contributed by atoms with Gasteiger partial charge < -0.3 is 4.74 Å². The van der Waals surface area contributed by atoms with Crippen LogP contribution in [0.25, 0.3) is 5.57 Å². The molecule has 3 rings (SSSR count). The molecule has 1 aliphatic heterocycles. The Balaban J connectivity index is 0.000000194. The van der Waals surface area contributed by atoms with Gasteiger partial charge in [-0.15, -0.1) is 0 Å². The number of non-ortho nitro benzene ring substituents is 2. The van der Waals surface area contributed by atoms with Crippen LogP contribution >= 0.6 is 0 Å². The summed E-state index contributed by atoms with van der Waals surface area (Å²) in [5.74, 6) is -0.950. The lowest BCUT2D eigenvalue weighted by molar-refractivity contribution is -0.385. The number of nitro benzene ring substituents is 2. The number of hydrogen-bond donors (Lipinski definition) is 0. The van der Waals surface area contributed by atoms with E-state index in [2.05, 4.69) is 6.58 Å². The molecule has 9 heteroatoms. The molecule has 1 fully saturated rings. The molecule has 0 saturated carbocycles. The molecule has 0 radical (unpaired) electrons. The summed E-state index contributed by atoms with van der Waals surface area (Å²) in [7, 11) is 0. The standard InChI is InChI=1S/C9H8FNO3.C9H8FNO2/c1-9(5-14-9)7-4-6(11(12)13)2-3-8(7)10;1-6(2)8-5-7(11(12)13)3-4-9(8)10/h2-4H,5H2,1H3;3-5H,1H2,2H3. The van der Waals surface area contributed by atoms with Crippen molar-refractivity contribution >= 4 is 16.9 Å². The molecule has 2 aromatic rings. The lowest BCUT2D eigenvalue weighted by Gasteiger charge is -2.05. The SMILES string of the molecule is C=C(C)c1cc([N+](=O)[O-])ccc1F.CC1(c2cc([N+](=O)[O-])ccc2F)CO1. The predicted octanol–water partition coefficient (Wildman–Crippen LogP) is 4.75. The van der Waals surface area contributed by atoms with Crippen molar-refractivity contribution in [3.8, 4) is 0 Å². The summed E-state index contributed by atoms with van der Waals surface area (Å²) in [6.45, 7) is 7.23. The average molecular weight is 378 g/mol. The van der Waals surface area contributed by atoms with Crippen LogP contribution in [0.2, 0.25) is 0 Å². The maximum Gasteiger partial charge on any atom is 0.270 e. The minimum Gasteiger partial charge on any atom is -0.365 e. The zero-order chi connectivity index (χ0) is 20.4.